The van der Waals surface area contributed by atoms with Crippen LogP contribution in [-0.4, -0.2) is 36.0 Å². The number of aromatic nitrogens is 6. The molecular weight excluding hydrogens is 208 g/mol. The van der Waals surface area contributed by atoms with Gasteiger partial charge < -0.3 is 4.98 Å². The molecule has 0 fully saturated rings. The zero-order valence-corrected chi connectivity index (χ0v) is 8.03. The third kappa shape index (κ3) is 1.18. The quantitative estimate of drug-likeness (QED) is 0.622. The Morgan fingerprint density at radius 2 is 2.25 bits per heavy atom. The van der Waals surface area contributed by atoms with E-state index in [9.17, 15) is 4.79 Å². The van der Waals surface area contributed by atoms with Crippen LogP contribution in [-0.2, 0) is 0 Å². The molecule has 0 radical (unpaired) electrons. The van der Waals surface area contributed by atoms with Crippen LogP contribution in [0.3, 0.4) is 0 Å². The molecule has 7 nitrogen and oxygen atoms in total. The first kappa shape index (κ1) is 8.72. The maximum absolute atomic E-state index is 10.6. The number of rotatable bonds is 2. The Labute approximate surface area is 89.2 Å². The number of aromatic amines is 1. The molecule has 0 saturated carbocycles. The number of nitrogens with one attached hydrogen (secondary N) is 1. The Hall–Kier alpha value is -2.57. The summed E-state index contributed by atoms with van der Waals surface area (Å²) in [4.78, 5) is 25.6. The largest absolute Gasteiger partial charge is 0.340 e. The smallest absolute Gasteiger partial charge is 0.182 e. The van der Waals surface area contributed by atoms with E-state index in [1.54, 1.807) is 6.20 Å². The predicted octanol–water partition coefficient (Wildman–Crippen LogP) is 0.351. The lowest BCUT2D eigenvalue weighted by Gasteiger charge is -1.99. The van der Waals surface area contributed by atoms with Crippen molar-refractivity contribution >= 4 is 17.5 Å². The van der Waals surface area contributed by atoms with Gasteiger partial charge >= 0.3 is 0 Å². The number of nitrogens with zero attached hydrogens (tertiary/aromatic N) is 5. The molecule has 78 valence electrons. The predicted molar refractivity (Wildman–Crippen MR) is 54.2 cm³/mol. The monoisotopic (exact) mass is 214 g/mol. The average Bonchev–Trinajstić information content (AvgIpc) is 2.97. The van der Waals surface area contributed by atoms with Crippen molar-refractivity contribution in [3.05, 3.63) is 30.6 Å². The van der Waals surface area contributed by atoms with Crippen LogP contribution in [0.25, 0.3) is 17.0 Å². The molecule has 0 unspecified atom stereocenters. The summed E-state index contributed by atoms with van der Waals surface area (Å²) in [5.41, 5.74) is 1.74. The number of carbonyl (C=O) groups excluding carboxylic acids is 1. The Morgan fingerprint density at radius 3 is 3.06 bits per heavy atom. The summed E-state index contributed by atoms with van der Waals surface area (Å²) in [6.45, 7) is 0. The molecule has 3 aromatic rings. The zero-order chi connectivity index (χ0) is 11.0. The highest BCUT2D eigenvalue weighted by Gasteiger charge is 2.08. The minimum absolute atomic E-state index is 0.492. The second kappa shape index (κ2) is 3.23. The van der Waals surface area contributed by atoms with E-state index >= 15 is 0 Å². The fourth-order valence-corrected chi connectivity index (χ4v) is 1.44. The number of fused-ring (bicyclic) bond motifs is 1. The number of hydrogen-bond donors (Lipinski definition) is 1. The highest BCUT2D eigenvalue weighted by atomic mass is 16.1. The molecule has 16 heavy (non-hydrogen) atoms. The van der Waals surface area contributed by atoms with Crippen molar-refractivity contribution in [2.45, 2.75) is 0 Å². The number of carbonyl (C=O) groups is 1. The second-order valence-corrected chi connectivity index (χ2v) is 3.13. The second-order valence-electron chi connectivity index (χ2n) is 3.13. The van der Waals surface area contributed by atoms with Gasteiger partial charge in [-0.05, 0) is 0 Å². The van der Waals surface area contributed by atoms with E-state index < -0.39 is 0 Å². The third-order valence-corrected chi connectivity index (χ3v) is 2.16. The van der Waals surface area contributed by atoms with Gasteiger partial charge in [-0.2, -0.15) is 5.10 Å². The summed E-state index contributed by atoms with van der Waals surface area (Å²) in [7, 11) is 0. The first-order valence-electron chi connectivity index (χ1n) is 4.53. The van der Waals surface area contributed by atoms with E-state index in [4.69, 9.17) is 0 Å². The van der Waals surface area contributed by atoms with E-state index in [-0.39, 0.29) is 0 Å². The van der Waals surface area contributed by atoms with E-state index in [1.165, 1.54) is 23.5 Å². The van der Waals surface area contributed by atoms with Crippen molar-refractivity contribution in [3.63, 3.8) is 0 Å². The summed E-state index contributed by atoms with van der Waals surface area (Å²) in [6.07, 6.45) is 6.73. The molecule has 0 aliphatic rings. The van der Waals surface area contributed by atoms with Crippen LogP contribution in [0.4, 0.5) is 0 Å². The minimum Gasteiger partial charge on any atom is -0.340 e. The first-order valence-corrected chi connectivity index (χ1v) is 4.53. The highest BCUT2D eigenvalue weighted by Crippen LogP contribution is 2.13. The Kier molecular flexibility index (Phi) is 1.76. The Balaban J connectivity index is 2.24. The first-order chi connectivity index (χ1) is 7.88. The molecule has 0 aromatic carbocycles. The van der Waals surface area contributed by atoms with Gasteiger partial charge in [0, 0.05) is 6.20 Å². The highest BCUT2D eigenvalue weighted by molar-refractivity contribution is 5.78. The molecule has 0 aliphatic carbocycles. The van der Waals surface area contributed by atoms with E-state index in [0.717, 1.165) is 6.29 Å². The number of hydrogen-bond acceptors (Lipinski definition) is 5. The molecule has 0 saturated heterocycles. The van der Waals surface area contributed by atoms with Crippen LogP contribution < -0.4 is 0 Å². The standard InChI is InChI=1S/C9H6N6O/c16-3-6-1-14-15(2-6)9-7-8(11-4-10-7)12-5-13-9/h1-5H,(H,10,11,12,13). The van der Waals surface area contributed by atoms with Crippen LogP contribution in [0.2, 0.25) is 0 Å². The molecule has 0 spiro atoms. The zero-order valence-electron chi connectivity index (χ0n) is 8.03. The summed E-state index contributed by atoms with van der Waals surface area (Å²) in [6, 6.07) is 0. The van der Waals surface area contributed by atoms with Crippen molar-refractivity contribution in [2.24, 2.45) is 0 Å². The van der Waals surface area contributed by atoms with Crippen LogP contribution in [0.15, 0.2) is 25.0 Å². The maximum Gasteiger partial charge on any atom is 0.182 e. The fourth-order valence-electron chi connectivity index (χ4n) is 1.44. The van der Waals surface area contributed by atoms with Crippen molar-refractivity contribution in [1.29, 1.82) is 0 Å². The molecule has 3 rings (SSSR count). The summed E-state index contributed by atoms with van der Waals surface area (Å²) >= 11 is 0. The number of imidazole rings is 1. The lowest BCUT2D eigenvalue weighted by molar-refractivity contribution is 0.112. The van der Waals surface area contributed by atoms with Gasteiger partial charge in [0.2, 0.25) is 0 Å². The third-order valence-electron chi connectivity index (χ3n) is 2.16. The molecule has 0 aliphatic heterocycles. The van der Waals surface area contributed by atoms with Gasteiger partial charge in [0.25, 0.3) is 0 Å². The fraction of sp³-hybridized carbons (Fsp3) is 0. The van der Waals surface area contributed by atoms with Gasteiger partial charge in [-0.25, -0.2) is 19.6 Å². The van der Waals surface area contributed by atoms with Crippen LogP contribution in [0.5, 0.6) is 0 Å². The van der Waals surface area contributed by atoms with Crippen LogP contribution in [0, 0.1) is 0 Å². The number of H-pyrrole nitrogens is 1. The molecule has 3 aromatic heterocycles. The Bertz CT molecular complexity index is 655. The molecule has 7 heteroatoms. The van der Waals surface area contributed by atoms with Gasteiger partial charge in [-0.3, -0.25) is 4.79 Å². The lowest BCUT2D eigenvalue weighted by atomic mass is 10.4. The topological polar surface area (TPSA) is 89.3 Å². The SMILES string of the molecule is O=Cc1cnn(-c2ncnc3nc[nH]c23)c1. The Morgan fingerprint density at radius 1 is 1.31 bits per heavy atom. The lowest BCUT2D eigenvalue weighted by Crippen LogP contribution is -1.99. The van der Waals surface area contributed by atoms with Gasteiger partial charge in [0.05, 0.1) is 18.1 Å². The molecule has 0 bridgehead atoms. The normalized spacial score (nSPS) is 10.8. The van der Waals surface area contributed by atoms with Gasteiger partial charge in [-0.15, -0.1) is 0 Å². The molecular formula is C9H6N6O. The average molecular weight is 214 g/mol. The molecule has 1 N–H and O–H groups in total. The van der Waals surface area contributed by atoms with Crippen molar-refractivity contribution in [3.8, 4) is 5.82 Å². The van der Waals surface area contributed by atoms with Crippen LogP contribution >= 0.6 is 0 Å². The van der Waals surface area contributed by atoms with Crippen molar-refractivity contribution < 1.29 is 4.79 Å². The van der Waals surface area contributed by atoms with E-state index in [1.807, 2.05) is 0 Å². The van der Waals surface area contributed by atoms with E-state index in [0.29, 0.717) is 22.5 Å². The summed E-state index contributed by atoms with van der Waals surface area (Å²) in [5.74, 6) is 0.565. The van der Waals surface area contributed by atoms with Crippen molar-refractivity contribution in [1.82, 2.24) is 29.7 Å². The molecule has 0 amide bonds. The van der Waals surface area contributed by atoms with Crippen molar-refractivity contribution in [2.75, 3.05) is 0 Å². The maximum atomic E-state index is 10.6. The molecule has 3 heterocycles. The van der Waals surface area contributed by atoms with Gasteiger partial charge in [0.15, 0.2) is 17.8 Å². The summed E-state index contributed by atoms with van der Waals surface area (Å²) in [5, 5.41) is 4.03. The summed E-state index contributed by atoms with van der Waals surface area (Å²) < 4.78 is 1.51. The van der Waals surface area contributed by atoms with Gasteiger partial charge in [-0.1, -0.05) is 0 Å². The minimum atomic E-state index is 0.492. The van der Waals surface area contributed by atoms with E-state index in [2.05, 4.69) is 25.0 Å². The van der Waals surface area contributed by atoms with Crippen LogP contribution in [0.1, 0.15) is 10.4 Å². The molecule has 0 atom stereocenters. The number of aldehydes is 1. The van der Waals surface area contributed by atoms with Gasteiger partial charge in [0.1, 0.15) is 11.8 Å².